The van der Waals surface area contributed by atoms with Crippen LogP contribution in [0.5, 0.6) is 0 Å². The van der Waals surface area contributed by atoms with Crippen molar-refractivity contribution >= 4 is 0 Å². The van der Waals surface area contributed by atoms with Gasteiger partial charge in [-0.3, -0.25) is 0 Å². The third-order valence-electron chi connectivity index (χ3n) is 4.49. The van der Waals surface area contributed by atoms with Crippen molar-refractivity contribution in [3.05, 3.63) is 35.1 Å². The Kier molecular flexibility index (Phi) is 5.55. The first-order chi connectivity index (χ1) is 9.61. The second kappa shape index (κ2) is 7.19. The number of hydrogen-bond acceptors (Lipinski definition) is 2. The molecule has 1 fully saturated rings. The molecule has 2 atom stereocenters. The van der Waals surface area contributed by atoms with Crippen LogP contribution in [0.2, 0.25) is 0 Å². The van der Waals surface area contributed by atoms with Gasteiger partial charge in [0.2, 0.25) is 0 Å². The molecule has 20 heavy (non-hydrogen) atoms. The molecule has 0 bridgehead atoms. The normalized spacial score (nSPS) is 21.9. The van der Waals surface area contributed by atoms with Crippen LogP contribution in [-0.2, 0) is 0 Å². The minimum Gasteiger partial charge on any atom is -0.388 e. The Labute approximate surface area is 121 Å². The van der Waals surface area contributed by atoms with Gasteiger partial charge in [0.1, 0.15) is 5.82 Å². The van der Waals surface area contributed by atoms with E-state index < -0.39 is 6.10 Å². The molecule has 0 spiro atoms. The Morgan fingerprint density at radius 3 is 2.90 bits per heavy atom. The summed E-state index contributed by atoms with van der Waals surface area (Å²) in [6.07, 6.45) is 5.14. The summed E-state index contributed by atoms with van der Waals surface area (Å²) >= 11 is 0. The number of hydrogen-bond donors (Lipinski definition) is 1. The maximum absolute atomic E-state index is 13.5. The molecule has 112 valence electrons. The summed E-state index contributed by atoms with van der Waals surface area (Å²) < 4.78 is 13.5. The van der Waals surface area contributed by atoms with E-state index >= 15 is 0 Å². The molecule has 3 heteroatoms. The standard InChI is InChI=1S/C17H26FNO/c1-3-15-6-4-5-10-19(15)11-9-17(20)14-8-7-13(2)16(18)12-14/h7-8,12,15,17,20H,3-6,9-11H2,1-2H3. The predicted molar refractivity (Wildman–Crippen MR) is 80.2 cm³/mol. The highest BCUT2D eigenvalue weighted by Crippen LogP contribution is 2.23. The van der Waals surface area contributed by atoms with Gasteiger partial charge >= 0.3 is 0 Å². The van der Waals surface area contributed by atoms with Gasteiger partial charge in [0.15, 0.2) is 0 Å². The molecule has 1 heterocycles. The molecule has 0 aliphatic carbocycles. The summed E-state index contributed by atoms with van der Waals surface area (Å²) in [5.74, 6) is -0.231. The van der Waals surface area contributed by atoms with Crippen molar-refractivity contribution in [1.29, 1.82) is 0 Å². The van der Waals surface area contributed by atoms with Gasteiger partial charge in [-0.15, -0.1) is 0 Å². The van der Waals surface area contributed by atoms with E-state index in [1.807, 2.05) is 6.07 Å². The van der Waals surface area contributed by atoms with Gasteiger partial charge < -0.3 is 10.0 Å². The second-order valence-corrected chi connectivity index (χ2v) is 5.91. The van der Waals surface area contributed by atoms with Crippen molar-refractivity contribution in [1.82, 2.24) is 4.90 Å². The molecule has 0 amide bonds. The molecule has 1 N–H and O–H groups in total. The van der Waals surface area contributed by atoms with Gasteiger partial charge in [-0.25, -0.2) is 4.39 Å². The summed E-state index contributed by atoms with van der Waals surface area (Å²) in [4.78, 5) is 2.48. The number of nitrogens with zero attached hydrogens (tertiary/aromatic N) is 1. The van der Waals surface area contributed by atoms with Gasteiger partial charge in [-0.1, -0.05) is 25.5 Å². The maximum atomic E-state index is 13.5. The second-order valence-electron chi connectivity index (χ2n) is 5.91. The Morgan fingerprint density at radius 1 is 1.40 bits per heavy atom. The summed E-state index contributed by atoms with van der Waals surface area (Å²) in [6.45, 7) is 6.00. The molecule has 1 aliphatic heterocycles. The molecule has 2 rings (SSSR count). The Hall–Kier alpha value is -0.930. The lowest BCUT2D eigenvalue weighted by atomic mass is 9.98. The number of halogens is 1. The van der Waals surface area contributed by atoms with Crippen LogP contribution in [0.4, 0.5) is 4.39 Å². The van der Waals surface area contributed by atoms with E-state index in [1.165, 1.54) is 31.7 Å². The summed E-state index contributed by atoms with van der Waals surface area (Å²) in [6, 6.07) is 5.69. The van der Waals surface area contributed by atoms with Crippen LogP contribution in [0.1, 0.15) is 56.3 Å². The molecule has 1 aromatic rings. The number of aliphatic hydroxyl groups excluding tert-OH is 1. The zero-order chi connectivity index (χ0) is 14.5. The van der Waals surface area contributed by atoms with Crippen molar-refractivity contribution in [3.63, 3.8) is 0 Å². The van der Waals surface area contributed by atoms with E-state index in [0.29, 0.717) is 23.6 Å². The SMILES string of the molecule is CCC1CCCCN1CCC(O)c1ccc(C)c(F)c1. The van der Waals surface area contributed by atoms with Crippen molar-refractivity contribution in [2.45, 2.75) is 58.1 Å². The van der Waals surface area contributed by atoms with E-state index in [4.69, 9.17) is 0 Å². The summed E-state index contributed by atoms with van der Waals surface area (Å²) in [5, 5.41) is 10.2. The van der Waals surface area contributed by atoms with E-state index in [1.54, 1.807) is 13.0 Å². The van der Waals surface area contributed by atoms with E-state index in [2.05, 4.69) is 11.8 Å². The fourth-order valence-corrected chi connectivity index (χ4v) is 3.09. The van der Waals surface area contributed by atoms with E-state index in [9.17, 15) is 9.50 Å². The lowest BCUT2D eigenvalue weighted by Crippen LogP contribution is -2.40. The molecule has 0 aromatic heterocycles. The molecule has 0 radical (unpaired) electrons. The van der Waals surface area contributed by atoms with Crippen LogP contribution in [-0.4, -0.2) is 29.1 Å². The van der Waals surface area contributed by atoms with E-state index in [0.717, 1.165) is 13.1 Å². The van der Waals surface area contributed by atoms with Crippen LogP contribution in [0.15, 0.2) is 18.2 Å². The Bertz CT molecular complexity index is 435. The van der Waals surface area contributed by atoms with Crippen LogP contribution < -0.4 is 0 Å². The van der Waals surface area contributed by atoms with Crippen LogP contribution in [0, 0.1) is 12.7 Å². The van der Waals surface area contributed by atoms with Crippen molar-refractivity contribution in [2.24, 2.45) is 0 Å². The third-order valence-corrected chi connectivity index (χ3v) is 4.49. The molecule has 2 unspecified atom stereocenters. The fraction of sp³-hybridized carbons (Fsp3) is 0.647. The van der Waals surface area contributed by atoms with Crippen molar-refractivity contribution < 1.29 is 9.50 Å². The highest BCUT2D eigenvalue weighted by atomic mass is 19.1. The van der Waals surface area contributed by atoms with Crippen LogP contribution in [0.3, 0.4) is 0 Å². The number of rotatable bonds is 5. The predicted octanol–water partition coefficient (Wildman–Crippen LogP) is 3.82. The van der Waals surface area contributed by atoms with Crippen LogP contribution >= 0.6 is 0 Å². The number of aliphatic hydroxyl groups is 1. The first-order valence-corrected chi connectivity index (χ1v) is 7.80. The zero-order valence-corrected chi connectivity index (χ0v) is 12.6. The maximum Gasteiger partial charge on any atom is 0.126 e. The van der Waals surface area contributed by atoms with E-state index in [-0.39, 0.29) is 5.82 Å². The largest absolute Gasteiger partial charge is 0.388 e. The molecule has 0 saturated carbocycles. The van der Waals surface area contributed by atoms with Gasteiger partial charge in [-0.2, -0.15) is 0 Å². The van der Waals surface area contributed by atoms with Gasteiger partial charge in [0.05, 0.1) is 6.10 Å². The fourth-order valence-electron chi connectivity index (χ4n) is 3.09. The lowest BCUT2D eigenvalue weighted by Gasteiger charge is -2.35. The van der Waals surface area contributed by atoms with Gasteiger partial charge in [0, 0.05) is 12.6 Å². The molecule has 1 aromatic carbocycles. The van der Waals surface area contributed by atoms with Crippen molar-refractivity contribution in [3.8, 4) is 0 Å². The average Bonchev–Trinajstić information content (AvgIpc) is 2.47. The minimum atomic E-state index is -0.565. The Morgan fingerprint density at radius 2 is 2.20 bits per heavy atom. The lowest BCUT2D eigenvalue weighted by molar-refractivity contribution is 0.101. The molecule has 1 aliphatic rings. The van der Waals surface area contributed by atoms with Gasteiger partial charge in [0.25, 0.3) is 0 Å². The van der Waals surface area contributed by atoms with Crippen molar-refractivity contribution in [2.75, 3.05) is 13.1 Å². The summed E-state index contributed by atoms with van der Waals surface area (Å²) in [7, 11) is 0. The minimum absolute atomic E-state index is 0.231. The monoisotopic (exact) mass is 279 g/mol. The molecular formula is C17H26FNO. The zero-order valence-electron chi connectivity index (χ0n) is 12.6. The highest BCUT2D eigenvalue weighted by molar-refractivity contribution is 5.24. The molecule has 1 saturated heterocycles. The first kappa shape index (κ1) is 15.5. The Balaban J connectivity index is 1.90. The smallest absolute Gasteiger partial charge is 0.126 e. The molecule has 2 nitrogen and oxygen atoms in total. The van der Waals surface area contributed by atoms with Crippen LogP contribution in [0.25, 0.3) is 0 Å². The summed E-state index contributed by atoms with van der Waals surface area (Å²) in [5.41, 5.74) is 1.32. The quantitative estimate of drug-likeness (QED) is 0.885. The number of aryl methyl sites for hydroxylation is 1. The first-order valence-electron chi connectivity index (χ1n) is 7.80. The highest BCUT2D eigenvalue weighted by Gasteiger charge is 2.21. The number of likely N-dealkylation sites (tertiary alicyclic amines) is 1. The number of piperidine rings is 1. The molecular weight excluding hydrogens is 253 g/mol. The van der Waals surface area contributed by atoms with Gasteiger partial charge in [-0.05, 0) is 56.3 Å². The average molecular weight is 279 g/mol. The topological polar surface area (TPSA) is 23.5 Å². The number of benzene rings is 1. The third kappa shape index (κ3) is 3.80.